The molecule has 1 aromatic rings. The van der Waals surface area contributed by atoms with E-state index in [-0.39, 0.29) is 11.9 Å². The average molecular weight is 238 g/mol. The monoisotopic (exact) mass is 238 g/mol. The smallest absolute Gasteiger partial charge is 0.261 e. The van der Waals surface area contributed by atoms with Crippen LogP contribution >= 0.6 is 11.3 Å². The normalized spacial score (nSPS) is 25.4. The van der Waals surface area contributed by atoms with Gasteiger partial charge in [0.05, 0.1) is 4.88 Å². The average Bonchev–Trinajstić information content (AvgIpc) is 2.68. The fraction of sp³-hybridized carbons (Fsp3) is 0.583. The van der Waals surface area contributed by atoms with Crippen LogP contribution in [0.3, 0.4) is 0 Å². The number of rotatable bonds is 2. The third-order valence-corrected chi connectivity index (χ3v) is 4.16. The van der Waals surface area contributed by atoms with E-state index < -0.39 is 0 Å². The van der Waals surface area contributed by atoms with Crippen molar-refractivity contribution in [3.05, 3.63) is 21.9 Å². The highest BCUT2D eigenvalue weighted by Gasteiger charge is 2.23. The molecule has 2 heterocycles. The van der Waals surface area contributed by atoms with E-state index in [1.807, 2.05) is 18.4 Å². The van der Waals surface area contributed by atoms with Crippen LogP contribution in [0.15, 0.2) is 11.4 Å². The lowest BCUT2D eigenvalue weighted by atomic mass is 10.00. The highest BCUT2D eigenvalue weighted by atomic mass is 32.1. The largest absolute Gasteiger partial charge is 0.347 e. The Bertz CT molecular complexity index is 375. The van der Waals surface area contributed by atoms with Gasteiger partial charge < -0.3 is 10.6 Å². The molecule has 16 heavy (non-hydrogen) atoms. The van der Waals surface area contributed by atoms with Crippen molar-refractivity contribution < 1.29 is 4.79 Å². The van der Waals surface area contributed by atoms with Crippen LogP contribution < -0.4 is 10.6 Å². The van der Waals surface area contributed by atoms with Crippen LogP contribution in [0.4, 0.5) is 0 Å². The van der Waals surface area contributed by atoms with Crippen molar-refractivity contribution in [2.24, 2.45) is 0 Å². The maximum Gasteiger partial charge on any atom is 0.261 e. The van der Waals surface area contributed by atoms with Crippen LogP contribution in [0.5, 0.6) is 0 Å². The first kappa shape index (κ1) is 11.6. The summed E-state index contributed by atoms with van der Waals surface area (Å²) >= 11 is 1.52. The first-order chi connectivity index (χ1) is 7.68. The molecule has 1 saturated heterocycles. The summed E-state index contributed by atoms with van der Waals surface area (Å²) in [4.78, 5) is 12.9. The third kappa shape index (κ3) is 2.44. The van der Waals surface area contributed by atoms with E-state index in [0.717, 1.165) is 29.8 Å². The molecule has 2 N–H and O–H groups in total. The number of carbonyl (C=O) groups is 1. The van der Waals surface area contributed by atoms with E-state index in [0.29, 0.717) is 6.04 Å². The fourth-order valence-corrected chi connectivity index (χ4v) is 2.91. The van der Waals surface area contributed by atoms with Gasteiger partial charge in [-0.3, -0.25) is 4.79 Å². The van der Waals surface area contributed by atoms with Gasteiger partial charge in [0.1, 0.15) is 0 Å². The number of amides is 1. The maximum atomic E-state index is 12.0. The van der Waals surface area contributed by atoms with Crippen molar-refractivity contribution in [2.45, 2.75) is 38.8 Å². The van der Waals surface area contributed by atoms with Crippen molar-refractivity contribution in [3.8, 4) is 0 Å². The number of aryl methyl sites for hydroxylation is 1. The third-order valence-electron chi connectivity index (χ3n) is 3.15. The van der Waals surface area contributed by atoms with Gasteiger partial charge in [-0.1, -0.05) is 0 Å². The lowest BCUT2D eigenvalue weighted by Gasteiger charge is -2.30. The summed E-state index contributed by atoms with van der Waals surface area (Å²) in [6, 6.07) is 2.63. The van der Waals surface area contributed by atoms with Gasteiger partial charge in [-0.2, -0.15) is 0 Å². The van der Waals surface area contributed by atoms with Crippen molar-refractivity contribution >= 4 is 17.2 Å². The Balaban J connectivity index is 1.99. The Hall–Kier alpha value is -0.870. The van der Waals surface area contributed by atoms with Crippen molar-refractivity contribution in [1.29, 1.82) is 0 Å². The molecule has 0 aliphatic carbocycles. The second-order valence-electron chi connectivity index (χ2n) is 4.40. The van der Waals surface area contributed by atoms with Crippen molar-refractivity contribution in [1.82, 2.24) is 10.6 Å². The topological polar surface area (TPSA) is 41.1 Å². The van der Waals surface area contributed by atoms with Gasteiger partial charge in [0.25, 0.3) is 5.91 Å². The minimum absolute atomic E-state index is 0.0769. The highest BCUT2D eigenvalue weighted by molar-refractivity contribution is 7.12. The summed E-state index contributed by atoms with van der Waals surface area (Å²) in [5.41, 5.74) is 1.07. The second-order valence-corrected chi connectivity index (χ2v) is 5.31. The summed E-state index contributed by atoms with van der Waals surface area (Å²) in [7, 11) is 0. The van der Waals surface area contributed by atoms with Crippen LogP contribution in [0.25, 0.3) is 0 Å². The first-order valence-corrected chi connectivity index (χ1v) is 6.65. The molecule has 2 atom stereocenters. The summed E-state index contributed by atoms with van der Waals surface area (Å²) in [5, 5.41) is 8.47. The minimum Gasteiger partial charge on any atom is -0.347 e. The second kappa shape index (κ2) is 4.97. The summed E-state index contributed by atoms with van der Waals surface area (Å²) < 4.78 is 0. The predicted octanol–water partition coefficient (Wildman–Crippen LogP) is 1.93. The standard InChI is InChI=1S/C12H18N2OS/c1-8-5-7-16-11(8)12(15)14-10-4-3-6-13-9(10)2/h5,7,9-10,13H,3-4,6H2,1-2H3,(H,14,15). The van der Waals surface area contributed by atoms with E-state index in [9.17, 15) is 4.79 Å². The SMILES string of the molecule is Cc1ccsc1C(=O)NC1CCCNC1C. The summed E-state index contributed by atoms with van der Waals surface area (Å²) in [6.45, 7) is 5.17. The van der Waals surface area contributed by atoms with Crippen LogP contribution in [-0.4, -0.2) is 24.5 Å². The fourth-order valence-electron chi connectivity index (χ4n) is 2.08. The lowest BCUT2D eigenvalue weighted by Crippen LogP contribution is -2.51. The number of hydrogen-bond acceptors (Lipinski definition) is 3. The molecule has 2 unspecified atom stereocenters. The molecular weight excluding hydrogens is 220 g/mol. The summed E-state index contributed by atoms with van der Waals surface area (Å²) in [5.74, 6) is 0.0769. The van der Waals surface area contributed by atoms with Gasteiger partial charge in [-0.15, -0.1) is 11.3 Å². The minimum atomic E-state index is 0.0769. The van der Waals surface area contributed by atoms with Crippen LogP contribution in [0.1, 0.15) is 35.0 Å². The van der Waals surface area contributed by atoms with Gasteiger partial charge in [0.15, 0.2) is 0 Å². The van der Waals surface area contributed by atoms with Gasteiger partial charge in [0.2, 0.25) is 0 Å². The predicted molar refractivity (Wildman–Crippen MR) is 67.0 cm³/mol. The molecule has 1 aliphatic heterocycles. The molecule has 0 radical (unpaired) electrons. The number of hydrogen-bond donors (Lipinski definition) is 2. The molecule has 3 nitrogen and oxygen atoms in total. The zero-order valence-corrected chi connectivity index (χ0v) is 10.6. The van der Waals surface area contributed by atoms with Gasteiger partial charge in [0, 0.05) is 12.1 Å². The van der Waals surface area contributed by atoms with Gasteiger partial charge in [-0.25, -0.2) is 0 Å². The Morgan fingerprint density at radius 2 is 2.44 bits per heavy atom. The van der Waals surface area contributed by atoms with Gasteiger partial charge in [-0.05, 0) is 50.2 Å². The molecule has 0 bridgehead atoms. The number of thiophene rings is 1. The van der Waals surface area contributed by atoms with E-state index in [2.05, 4.69) is 17.6 Å². The Morgan fingerprint density at radius 1 is 1.62 bits per heavy atom. The number of nitrogens with one attached hydrogen (secondary N) is 2. The molecule has 1 aromatic heterocycles. The summed E-state index contributed by atoms with van der Waals surface area (Å²) in [6.07, 6.45) is 2.21. The first-order valence-electron chi connectivity index (χ1n) is 5.77. The number of carbonyl (C=O) groups excluding carboxylic acids is 1. The maximum absolute atomic E-state index is 12.0. The molecule has 88 valence electrons. The zero-order valence-electron chi connectivity index (χ0n) is 9.75. The van der Waals surface area contributed by atoms with Crippen molar-refractivity contribution in [3.63, 3.8) is 0 Å². The lowest BCUT2D eigenvalue weighted by molar-refractivity contribution is 0.0923. The number of piperidine rings is 1. The van der Waals surface area contributed by atoms with E-state index in [1.165, 1.54) is 11.3 Å². The van der Waals surface area contributed by atoms with Crippen LogP contribution in [-0.2, 0) is 0 Å². The highest BCUT2D eigenvalue weighted by Crippen LogP contribution is 2.16. The van der Waals surface area contributed by atoms with E-state index in [4.69, 9.17) is 0 Å². The quantitative estimate of drug-likeness (QED) is 0.826. The van der Waals surface area contributed by atoms with Crippen LogP contribution in [0.2, 0.25) is 0 Å². The van der Waals surface area contributed by atoms with Crippen LogP contribution in [0, 0.1) is 6.92 Å². The molecule has 4 heteroatoms. The molecular formula is C12H18N2OS. The molecule has 1 amide bonds. The molecule has 1 fully saturated rings. The zero-order chi connectivity index (χ0) is 11.5. The molecule has 0 aromatic carbocycles. The molecule has 1 aliphatic rings. The Kier molecular flexibility index (Phi) is 3.61. The molecule has 0 spiro atoms. The molecule has 2 rings (SSSR count). The van der Waals surface area contributed by atoms with E-state index in [1.54, 1.807) is 0 Å². The Labute approximate surface area is 100 Å². The van der Waals surface area contributed by atoms with Crippen molar-refractivity contribution in [2.75, 3.05) is 6.54 Å². The Morgan fingerprint density at radius 3 is 3.06 bits per heavy atom. The van der Waals surface area contributed by atoms with E-state index >= 15 is 0 Å². The molecule has 0 saturated carbocycles. The van der Waals surface area contributed by atoms with Gasteiger partial charge >= 0.3 is 0 Å².